The first-order valence-electron chi connectivity index (χ1n) is 23.7. The predicted molar refractivity (Wildman–Crippen MR) is 231 cm³/mol. The minimum atomic E-state index is -0.511. The quantitative estimate of drug-likeness (QED) is 0.0772. The molecule has 3 saturated carbocycles. The van der Waals surface area contributed by atoms with E-state index in [1.807, 2.05) is 20.8 Å². The minimum absolute atomic E-state index is 0.0289. The van der Waals surface area contributed by atoms with Crippen molar-refractivity contribution >= 4 is 12.0 Å². The van der Waals surface area contributed by atoms with Crippen LogP contribution in [0, 0.1) is 46.3 Å². The maximum Gasteiger partial charge on any atom is 0.407 e. The zero-order chi connectivity index (χ0) is 42.6. The number of alkyl carbamates (subject to hydrolysis) is 1. The summed E-state index contributed by atoms with van der Waals surface area (Å²) in [5, 5.41) is 13.0. The second-order valence-electron chi connectivity index (χ2n) is 20.7. The maximum atomic E-state index is 12.7. The number of carbonyl (C=O) groups is 2. The molecule has 0 aromatic carbocycles. The fourth-order valence-corrected chi connectivity index (χ4v) is 11.9. The minimum Gasteiger partial charge on any atom is -0.446 e. The van der Waals surface area contributed by atoms with E-state index in [1.54, 1.807) is 10.5 Å². The highest BCUT2D eigenvalue weighted by Crippen LogP contribution is 2.67. The average molecular weight is 833 g/mol. The Bertz CT molecular complexity index is 1340. The van der Waals surface area contributed by atoms with Crippen LogP contribution < -0.4 is 5.32 Å². The molecular weight excluding hydrogens is 749 g/mol. The number of rotatable bonds is 23. The Kier molecular flexibility index (Phi) is 18.4. The lowest BCUT2D eigenvalue weighted by molar-refractivity contribution is -0.136. The van der Waals surface area contributed by atoms with E-state index in [1.165, 1.54) is 51.4 Å². The number of β-amino-alcohol motifs (C(OH)–C–C–N with tert-alkyl or cyclic N) is 1. The van der Waals surface area contributed by atoms with Crippen LogP contribution in [0.25, 0.3) is 0 Å². The molecule has 3 unspecified atom stereocenters. The molecule has 5 rings (SSSR count). The number of hydrogen-bond acceptors (Lipinski definition) is 9. The van der Waals surface area contributed by atoms with Crippen molar-refractivity contribution in [1.29, 1.82) is 0 Å². The van der Waals surface area contributed by atoms with Crippen molar-refractivity contribution in [3.63, 3.8) is 0 Å². The number of ether oxygens (including phenoxy) is 6. The van der Waals surface area contributed by atoms with Crippen LogP contribution in [-0.2, 0) is 33.2 Å². The molecule has 2 N–H and O–H groups in total. The Hall–Kier alpha value is -1.76. The van der Waals surface area contributed by atoms with Crippen molar-refractivity contribution in [3.05, 3.63) is 11.6 Å². The van der Waals surface area contributed by atoms with Crippen molar-refractivity contribution in [3.8, 4) is 0 Å². The largest absolute Gasteiger partial charge is 0.446 e. The summed E-state index contributed by atoms with van der Waals surface area (Å²) in [5.41, 5.74) is 2.00. The second kappa shape index (κ2) is 22.5. The van der Waals surface area contributed by atoms with Gasteiger partial charge in [-0.05, 0) is 118 Å². The zero-order valence-corrected chi connectivity index (χ0v) is 38.4. The summed E-state index contributed by atoms with van der Waals surface area (Å²) < 4.78 is 34.2. The molecule has 1 heterocycles. The molecule has 10 atom stereocenters. The van der Waals surface area contributed by atoms with Crippen molar-refractivity contribution in [2.45, 2.75) is 163 Å². The molecule has 340 valence electrons. The summed E-state index contributed by atoms with van der Waals surface area (Å²) in [4.78, 5) is 27.1. The first kappa shape index (κ1) is 48.3. The Balaban J connectivity index is 0.862. The van der Waals surface area contributed by atoms with E-state index in [2.05, 4.69) is 46.0 Å². The van der Waals surface area contributed by atoms with Crippen molar-refractivity contribution in [1.82, 2.24) is 10.2 Å². The maximum absolute atomic E-state index is 12.7. The van der Waals surface area contributed by atoms with E-state index in [0.29, 0.717) is 84.4 Å². The third-order valence-corrected chi connectivity index (χ3v) is 15.0. The van der Waals surface area contributed by atoms with Crippen LogP contribution in [0.3, 0.4) is 0 Å². The van der Waals surface area contributed by atoms with E-state index in [4.69, 9.17) is 28.4 Å². The number of allylic oxidation sites excluding steroid dienone is 1. The first-order chi connectivity index (χ1) is 28.1. The smallest absolute Gasteiger partial charge is 0.407 e. The fourth-order valence-electron chi connectivity index (χ4n) is 11.9. The van der Waals surface area contributed by atoms with Gasteiger partial charge in [-0.1, -0.05) is 65.5 Å². The van der Waals surface area contributed by atoms with Gasteiger partial charge in [0.25, 0.3) is 0 Å². The van der Waals surface area contributed by atoms with Crippen LogP contribution in [0.2, 0.25) is 0 Å². The Morgan fingerprint density at radius 1 is 0.881 bits per heavy atom. The fraction of sp³-hybridized carbons (Fsp3) is 0.917. The Labute approximate surface area is 357 Å². The van der Waals surface area contributed by atoms with Crippen LogP contribution in [0.1, 0.15) is 139 Å². The number of amides is 2. The van der Waals surface area contributed by atoms with Gasteiger partial charge in [0.2, 0.25) is 5.91 Å². The summed E-state index contributed by atoms with van der Waals surface area (Å²) >= 11 is 0. The monoisotopic (exact) mass is 833 g/mol. The zero-order valence-electron chi connectivity index (χ0n) is 38.4. The van der Waals surface area contributed by atoms with E-state index >= 15 is 0 Å². The summed E-state index contributed by atoms with van der Waals surface area (Å²) in [7, 11) is 0. The number of hydrogen-bond donors (Lipinski definition) is 2. The number of nitrogens with zero attached hydrogens (tertiary/aromatic N) is 1. The van der Waals surface area contributed by atoms with Crippen LogP contribution in [-0.4, -0.2) is 118 Å². The second-order valence-corrected chi connectivity index (χ2v) is 20.7. The lowest BCUT2D eigenvalue weighted by atomic mass is 9.47. The number of carbonyl (C=O) groups excluding carboxylic acids is 2. The van der Waals surface area contributed by atoms with Crippen molar-refractivity contribution < 1.29 is 43.1 Å². The number of nitrogens with one attached hydrogen (secondary N) is 1. The highest BCUT2D eigenvalue weighted by molar-refractivity contribution is 5.77. The molecule has 0 bridgehead atoms. The van der Waals surface area contributed by atoms with Gasteiger partial charge in [0.15, 0.2) is 0 Å². The van der Waals surface area contributed by atoms with Gasteiger partial charge < -0.3 is 43.7 Å². The molecule has 0 aromatic heterocycles. The van der Waals surface area contributed by atoms with Gasteiger partial charge in [-0.2, -0.15) is 0 Å². The highest BCUT2D eigenvalue weighted by atomic mass is 16.6. The molecule has 0 aromatic rings. The molecule has 0 spiro atoms. The molecule has 59 heavy (non-hydrogen) atoms. The van der Waals surface area contributed by atoms with Crippen LogP contribution in [0.5, 0.6) is 0 Å². The van der Waals surface area contributed by atoms with Gasteiger partial charge >= 0.3 is 6.09 Å². The molecule has 0 radical (unpaired) electrons. The molecule has 5 aliphatic rings. The molecule has 4 aliphatic carbocycles. The van der Waals surface area contributed by atoms with Gasteiger partial charge in [0.1, 0.15) is 6.10 Å². The SMILES string of the molecule is CC(C)CCC[C@@H](C)[C@H]1CCC2C3CC=C4C[C@@H](OC(=O)NCCOCCOCCOCCOCCC(=O)N5C[C@H](O)C[C@H]5COC(C)(C)C)CC[C@]4(C)C3CC[C@@]21C. The summed E-state index contributed by atoms with van der Waals surface area (Å²) in [6.07, 6.45) is 16.3. The third-order valence-electron chi connectivity index (χ3n) is 15.0. The molecule has 4 fully saturated rings. The van der Waals surface area contributed by atoms with E-state index in [9.17, 15) is 14.7 Å². The van der Waals surface area contributed by atoms with Crippen LogP contribution >= 0.6 is 0 Å². The number of likely N-dealkylation sites (tertiary alicyclic amines) is 1. The van der Waals surface area contributed by atoms with E-state index in [-0.39, 0.29) is 41.6 Å². The van der Waals surface area contributed by atoms with Gasteiger partial charge in [0.05, 0.1) is 83.6 Å². The standard InChI is InChI=1S/C48H84N2O9/c1-34(2)10-9-11-35(3)41-14-15-42-40-13-12-36-30-39(16-19-47(36,7)43(40)17-20-48(41,42)8)59-45(53)49-21-23-55-25-27-57-29-28-56-26-24-54-22-18-44(52)50-32-38(51)31-37(50)33-58-46(4,5)6/h12,34-35,37-43,51H,9-11,13-33H2,1-8H3,(H,49,53)/t35-,37+,38-,39+,40?,41-,42?,43?,47+,48-/m1/s1. The van der Waals surface area contributed by atoms with E-state index < -0.39 is 6.10 Å². The van der Waals surface area contributed by atoms with Crippen molar-refractivity contribution in [2.24, 2.45) is 46.3 Å². The normalized spacial score (nSPS) is 32.3. The summed E-state index contributed by atoms with van der Waals surface area (Å²) in [6.45, 7) is 22.8. The molecule has 2 amide bonds. The van der Waals surface area contributed by atoms with Crippen LogP contribution in [0.4, 0.5) is 4.79 Å². The van der Waals surface area contributed by atoms with Crippen molar-refractivity contribution in [2.75, 3.05) is 72.6 Å². The lowest BCUT2D eigenvalue weighted by Crippen LogP contribution is -2.51. The summed E-state index contributed by atoms with van der Waals surface area (Å²) in [6, 6.07) is -0.106. The molecule has 1 saturated heterocycles. The van der Waals surface area contributed by atoms with Gasteiger partial charge in [0, 0.05) is 19.5 Å². The molecular formula is C48H84N2O9. The number of fused-ring (bicyclic) bond motifs is 5. The Morgan fingerprint density at radius 3 is 2.24 bits per heavy atom. The molecule has 1 aliphatic heterocycles. The number of aliphatic hydroxyl groups is 1. The highest BCUT2D eigenvalue weighted by Gasteiger charge is 2.59. The van der Waals surface area contributed by atoms with Gasteiger partial charge in [-0.25, -0.2) is 4.79 Å². The predicted octanol–water partition coefficient (Wildman–Crippen LogP) is 8.36. The van der Waals surface area contributed by atoms with Gasteiger partial charge in [-0.3, -0.25) is 4.79 Å². The Morgan fingerprint density at radius 2 is 1.56 bits per heavy atom. The third kappa shape index (κ3) is 13.6. The molecule has 11 nitrogen and oxygen atoms in total. The van der Waals surface area contributed by atoms with Gasteiger partial charge in [-0.15, -0.1) is 0 Å². The first-order valence-corrected chi connectivity index (χ1v) is 23.7. The summed E-state index contributed by atoms with van der Waals surface area (Å²) in [5.74, 6) is 4.93. The average Bonchev–Trinajstić information content (AvgIpc) is 3.74. The topological polar surface area (TPSA) is 125 Å². The number of aliphatic hydroxyl groups excluding tert-OH is 1. The molecule has 11 heteroatoms. The lowest BCUT2D eigenvalue weighted by Gasteiger charge is -2.58. The van der Waals surface area contributed by atoms with E-state index in [0.717, 1.165) is 54.8 Å². The van der Waals surface area contributed by atoms with Crippen LogP contribution in [0.15, 0.2) is 11.6 Å².